The number of likely N-dealkylation sites (tertiary alicyclic amines) is 1. The lowest BCUT2D eigenvalue weighted by molar-refractivity contribution is -0.127. The van der Waals surface area contributed by atoms with Crippen LogP contribution < -0.4 is 16.0 Å². The highest BCUT2D eigenvalue weighted by molar-refractivity contribution is 5.87. The third kappa shape index (κ3) is 4.55. The molecule has 4 heterocycles. The van der Waals surface area contributed by atoms with E-state index in [2.05, 4.69) is 31.7 Å². The minimum atomic E-state index is -0.657. The molecule has 1 amide bonds. The number of piperidine rings is 1. The molecule has 0 bridgehead atoms. The molecule has 3 N–H and O–H groups in total. The molecule has 3 aromatic rings. The lowest BCUT2D eigenvalue weighted by Crippen LogP contribution is -2.45. The number of imidazole rings is 1. The maximum atomic E-state index is 15.0. The summed E-state index contributed by atoms with van der Waals surface area (Å²) in [4.78, 5) is 30.8. The van der Waals surface area contributed by atoms with Crippen molar-refractivity contribution in [2.45, 2.75) is 18.9 Å². The van der Waals surface area contributed by atoms with Gasteiger partial charge in [-0.15, -0.1) is 0 Å². The topological polar surface area (TPSA) is 108 Å². The largest absolute Gasteiger partial charge is 0.382 e. The molecule has 2 saturated heterocycles. The first-order valence-electron chi connectivity index (χ1n) is 11.9. The lowest BCUT2D eigenvalue weighted by atomic mass is 10.1. The fourth-order valence-electron chi connectivity index (χ4n) is 4.87. The Bertz CT molecular complexity index is 1280. The minimum Gasteiger partial charge on any atom is -0.382 e. The molecule has 2 aliphatic rings. The van der Waals surface area contributed by atoms with E-state index in [4.69, 9.17) is 5.73 Å². The summed E-state index contributed by atoms with van der Waals surface area (Å²) in [5, 5.41) is 2.88. The van der Waals surface area contributed by atoms with E-state index in [0.717, 1.165) is 25.9 Å². The molecule has 0 saturated carbocycles. The predicted octanol–water partition coefficient (Wildman–Crippen LogP) is 2.53. The van der Waals surface area contributed by atoms with Gasteiger partial charge < -0.3 is 30.3 Å². The summed E-state index contributed by atoms with van der Waals surface area (Å²) >= 11 is 0. The van der Waals surface area contributed by atoms with Crippen LogP contribution in [0.5, 0.6) is 0 Å². The van der Waals surface area contributed by atoms with Crippen LogP contribution in [0.2, 0.25) is 0 Å². The number of nitrogen functional groups attached to an aromatic ring is 1. The second-order valence-corrected chi connectivity index (χ2v) is 9.24. The molecule has 1 atom stereocenters. The Morgan fingerprint density at radius 2 is 1.89 bits per heavy atom. The molecule has 2 fully saturated rings. The van der Waals surface area contributed by atoms with Gasteiger partial charge >= 0.3 is 0 Å². The van der Waals surface area contributed by atoms with Crippen molar-refractivity contribution >= 4 is 40.2 Å². The highest BCUT2D eigenvalue weighted by Crippen LogP contribution is 2.31. The van der Waals surface area contributed by atoms with Crippen molar-refractivity contribution in [2.75, 3.05) is 62.3 Å². The van der Waals surface area contributed by atoms with Crippen molar-refractivity contribution in [3.8, 4) is 0 Å². The number of carbonyl (C=O) groups is 1. The summed E-state index contributed by atoms with van der Waals surface area (Å²) in [5.74, 6) is -1.19. The van der Waals surface area contributed by atoms with Gasteiger partial charge in [0.05, 0.1) is 12.4 Å². The second kappa shape index (κ2) is 9.69. The lowest BCUT2D eigenvalue weighted by Gasteiger charge is -2.34. The number of amides is 1. The molecule has 190 valence electrons. The highest BCUT2D eigenvalue weighted by atomic mass is 19.1. The number of carbonyl (C=O) groups excluding carboxylic acids is 1. The number of piperazine rings is 1. The van der Waals surface area contributed by atoms with Crippen LogP contribution in [-0.2, 0) is 4.79 Å². The number of hydrogen-bond acceptors (Lipinski definition) is 8. The van der Waals surface area contributed by atoms with Crippen LogP contribution in [0.25, 0.3) is 11.2 Å². The van der Waals surface area contributed by atoms with Gasteiger partial charge in [0.15, 0.2) is 23.1 Å². The molecule has 1 unspecified atom stereocenters. The molecule has 1 aromatic carbocycles. The van der Waals surface area contributed by atoms with Gasteiger partial charge in [0.1, 0.15) is 11.2 Å². The molecule has 0 aliphatic carbocycles. The monoisotopic (exact) mass is 497 g/mol. The van der Waals surface area contributed by atoms with Gasteiger partial charge in [-0.25, -0.2) is 13.8 Å². The van der Waals surface area contributed by atoms with Crippen LogP contribution in [0.1, 0.15) is 18.9 Å². The van der Waals surface area contributed by atoms with Gasteiger partial charge in [-0.1, -0.05) is 6.58 Å². The van der Waals surface area contributed by atoms with Gasteiger partial charge in [-0.3, -0.25) is 4.79 Å². The zero-order valence-corrected chi connectivity index (χ0v) is 20.1. The molecule has 12 heteroatoms. The van der Waals surface area contributed by atoms with Crippen molar-refractivity contribution in [1.29, 1.82) is 0 Å². The number of halogens is 2. The normalized spacial score (nSPS) is 19.0. The van der Waals surface area contributed by atoms with Crippen LogP contribution in [0.15, 0.2) is 31.1 Å². The summed E-state index contributed by atoms with van der Waals surface area (Å²) in [6.07, 6.45) is 4.61. The van der Waals surface area contributed by atoms with E-state index in [0.29, 0.717) is 37.3 Å². The van der Waals surface area contributed by atoms with E-state index in [1.54, 1.807) is 16.1 Å². The van der Waals surface area contributed by atoms with Gasteiger partial charge in [0.2, 0.25) is 11.9 Å². The summed E-state index contributed by atoms with van der Waals surface area (Å²) in [6, 6.07) is 2.42. The number of likely N-dealkylation sites (N-methyl/N-ethyl adjacent to an activating group) is 1. The average Bonchev–Trinajstić information content (AvgIpc) is 3.29. The summed E-state index contributed by atoms with van der Waals surface area (Å²) in [6.45, 7) is 7.30. The Morgan fingerprint density at radius 1 is 1.17 bits per heavy atom. The van der Waals surface area contributed by atoms with Crippen LogP contribution in [0.3, 0.4) is 0 Å². The smallest absolute Gasteiger partial charge is 0.246 e. The second-order valence-electron chi connectivity index (χ2n) is 9.24. The molecular weight excluding hydrogens is 468 g/mol. The maximum Gasteiger partial charge on any atom is 0.246 e. The van der Waals surface area contributed by atoms with E-state index in [-0.39, 0.29) is 35.1 Å². The number of nitrogens with zero attached hydrogens (tertiary/aromatic N) is 7. The zero-order valence-electron chi connectivity index (χ0n) is 20.1. The Labute approximate surface area is 207 Å². The van der Waals surface area contributed by atoms with Crippen LogP contribution in [0.4, 0.5) is 31.9 Å². The molecule has 0 radical (unpaired) electrons. The number of aromatic nitrogens is 4. The Balaban J connectivity index is 1.41. The number of anilines is 4. The molecule has 2 aromatic heterocycles. The van der Waals surface area contributed by atoms with Crippen molar-refractivity contribution in [3.63, 3.8) is 0 Å². The summed E-state index contributed by atoms with van der Waals surface area (Å²) in [7, 11) is 1.98. The summed E-state index contributed by atoms with van der Waals surface area (Å²) in [5.41, 5.74) is 7.20. The van der Waals surface area contributed by atoms with Crippen molar-refractivity contribution in [3.05, 3.63) is 42.7 Å². The first-order chi connectivity index (χ1) is 17.3. The minimum absolute atomic E-state index is 0.0291. The fourth-order valence-corrected chi connectivity index (χ4v) is 4.87. The Hall–Kier alpha value is -3.80. The highest BCUT2D eigenvalue weighted by Gasteiger charge is 2.26. The van der Waals surface area contributed by atoms with E-state index in [1.807, 2.05) is 11.6 Å². The standard InChI is InChI=1S/C24H29F2N9O/c1-3-19(36)34-6-4-5-16(13-34)35-14-28-20-22(27)30-24(31-23(20)35)29-15-11-17(25)21(18(26)12-15)33-9-7-32(2)8-10-33/h3,11-12,14,16H,1,4-10,13H2,2H3,(H3,27,29,30,31). The Morgan fingerprint density at radius 3 is 2.58 bits per heavy atom. The summed E-state index contributed by atoms with van der Waals surface area (Å²) < 4.78 is 31.8. The van der Waals surface area contributed by atoms with Crippen LogP contribution in [0, 0.1) is 11.6 Å². The number of fused-ring (bicyclic) bond motifs is 1. The van der Waals surface area contributed by atoms with Gasteiger partial charge in [0.25, 0.3) is 0 Å². The van der Waals surface area contributed by atoms with Gasteiger partial charge in [0, 0.05) is 45.0 Å². The van der Waals surface area contributed by atoms with Crippen molar-refractivity contribution in [2.24, 2.45) is 0 Å². The molecule has 0 spiro atoms. The van der Waals surface area contributed by atoms with Gasteiger partial charge in [-0.2, -0.15) is 9.97 Å². The van der Waals surface area contributed by atoms with Crippen molar-refractivity contribution in [1.82, 2.24) is 29.3 Å². The first kappa shape index (κ1) is 23.9. The number of nitrogens with two attached hydrogens (primary N) is 1. The SMILES string of the molecule is C=CC(=O)N1CCCC(n2cnc3c(N)nc(Nc4cc(F)c(N5CCN(C)CC5)c(F)c4)nc32)C1. The third-order valence-corrected chi connectivity index (χ3v) is 6.82. The van der Waals surface area contributed by atoms with E-state index in [1.165, 1.54) is 18.2 Å². The third-order valence-electron chi connectivity index (χ3n) is 6.82. The van der Waals surface area contributed by atoms with E-state index < -0.39 is 11.6 Å². The Kier molecular flexibility index (Phi) is 6.44. The quantitative estimate of drug-likeness (QED) is 0.518. The van der Waals surface area contributed by atoms with Crippen molar-refractivity contribution < 1.29 is 13.6 Å². The first-order valence-corrected chi connectivity index (χ1v) is 11.9. The molecular formula is C24H29F2N9O. The fraction of sp³-hybridized carbons (Fsp3) is 0.417. The number of nitrogens with one attached hydrogen (secondary N) is 1. The molecule has 10 nitrogen and oxygen atoms in total. The van der Waals surface area contributed by atoms with Crippen LogP contribution >= 0.6 is 0 Å². The number of hydrogen-bond donors (Lipinski definition) is 2. The molecule has 36 heavy (non-hydrogen) atoms. The van der Waals surface area contributed by atoms with E-state index in [9.17, 15) is 13.6 Å². The van der Waals surface area contributed by atoms with Gasteiger partial charge in [-0.05, 0) is 38.1 Å². The predicted molar refractivity (Wildman–Crippen MR) is 134 cm³/mol. The zero-order chi connectivity index (χ0) is 25.4. The average molecular weight is 498 g/mol. The number of rotatable bonds is 5. The number of benzene rings is 1. The van der Waals surface area contributed by atoms with E-state index >= 15 is 0 Å². The van der Waals surface area contributed by atoms with Crippen LogP contribution in [-0.4, -0.2) is 81.5 Å². The molecule has 5 rings (SSSR count). The molecule has 2 aliphatic heterocycles. The maximum absolute atomic E-state index is 15.0.